The highest BCUT2D eigenvalue weighted by Crippen LogP contribution is 2.13. The van der Waals surface area contributed by atoms with Gasteiger partial charge in [-0.3, -0.25) is 4.79 Å². The molecule has 1 N–H and O–H groups in total. The highest BCUT2D eigenvalue weighted by molar-refractivity contribution is 8.00. The van der Waals surface area contributed by atoms with Crippen LogP contribution in [0.15, 0.2) is 29.4 Å². The molecule has 0 aromatic heterocycles. The molecule has 1 aliphatic rings. The minimum atomic E-state index is -0.352. The van der Waals surface area contributed by atoms with E-state index in [2.05, 4.69) is 10.5 Å². The van der Waals surface area contributed by atoms with E-state index in [1.165, 1.54) is 24.3 Å². The fourth-order valence-corrected chi connectivity index (χ4v) is 2.30. The Kier molecular flexibility index (Phi) is 3.56. The van der Waals surface area contributed by atoms with Gasteiger partial charge in [0.1, 0.15) is 5.82 Å². The Morgan fingerprint density at radius 2 is 2.12 bits per heavy atom. The molecule has 5 heteroatoms. The number of nitrogens with zero attached hydrogens (tertiary/aromatic N) is 1. The van der Waals surface area contributed by atoms with Gasteiger partial charge in [-0.05, 0) is 36.4 Å². The molecule has 84 valence electrons. The molecule has 0 aliphatic carbocycles. The lowest BCUT2D eigenvalue weighted by Crippen LogP contribution is -2.19. The fraction of sp³-hybridized carbons (Fsp3) is 0.273. The molecule has 0 bridgehead atoms. The molecule has 2 rings (SSSR count). The first-order chi connectivity index (χ1) is 7.75. The Bertz CT molecular complexity index is 408. The number of halogens is 1. The number of thioether (sulfide) groups is 1. The standard InChI is InChI=1S/C11H11FN2OS/c12-9-3-1-8(2-4-9)11(15)14-13-10-5-6-16-7-10/h1-4H,5-7H2,(H,14,15)/b13-10+. The van der Waals surface area contributed by atoms with Gasteiger partial charge in [0.15, 0.2) is 0 Å². The van der Waals surface area contributed by atoms with Crippen molar-refractivity contribution in [2.24, 2.45) is 5.10 Å². The molecule has 0 atom stereocenters. The summed E-state index contributed by atoms with van der Waals surface area (Å²) in [6.45, 7) is 0. The van der Waals surface area contributed by atoms with Crippen LogP contribution in [0.5, 0.6) is 0 Å². The summed E-state index contributed by atoms with van der Waals surface area (Å²) in [6, 6.07) is 5.39. The van der Waals surface area contributed by atoms with Gasteiger partial charge in [0.25, 0.3) is 5.91 Å². The molecular formula is C11H11FN2OS. The van der Waals surface area contributed by atoms with Crippen molar-refractivity contribution in [1.82, 2.24) is 5.43 Å². The number of benzene rings is 1. The van der Waals surface area contributed by atoms with Gasteiger partial charge in [0, 0.05) is 17.0 Å². The second-order valence-electron chi connectivity index (χ2n) is 3.43. The Balaban J connectivity index is 1.97. The molecular weight excluding hydrogens is 227 g/mol. The maximum absolute atomic E-state index is 12.6. The van der Waals surface area contributed by atoms with E-state index >= 15 is 0 Å². The van der Waals surface area contributed by atoms with Crippen LogP contribution in [0.4, 0.5) is 4.39 Å². The van der Waals surface area contributed by atoms with E-state index in [-0.39, 0.29) is 11.7 Å². The zero-order valence-electron chi connectivity index (χ0n) is 8.57. The molecule has 16 heavy (non-hydrogen) atoms. The van der Waals surface area contributed by atoms with Crippen LogP contribution in [0.2, 0.25) is 0 Å². The van der Waals surface area contributed by atoms with Gasteiger partial charge in [0.2, 0.25) is 0 Å². The maximum atomic E-state index is 12.6. The molecule has 1 saturated heterocycles. The van der Waals surface area contributed by atoms with Crippen LogP contribution >= 0.6 is 11.8 Å². The summed E-state index contributed by atoms with van der Waals surface area (Å²) < 4.78 is 12.6. The molecule has 0 saturated carbocycles. The molecule has 1 amide bonds. The van der Waals surface area contributed by atoms with Crippen LogP contribution in [0.1, 0.15) is 16.8 Å². The Morgan fingerprint density at radius 3 is 2.75 bits per heavy atom. The number of hydrazone groups is 1. The summed E-state index contributed by atoms with van der Waals surface area (Å²) in [5.74, 6) is 1.29. The second kappa shape index (κ2) is 5.12. The van der Waals surface area contributed by atoms with Crippen molar-refractivity contribution in [3.63, 3.8) is 0 Å². The lowest BCUT2D eigenvalue weighted by molar-refractivity contribution is 0.0954. The summed E-state index contributed by atoms with van der Waals surface area (Å²) in [5.41, 5.74) is 3.89. The highest BCUT2D eigenvalue weighted by atomic mass is 32.2. The first-order valence-electron chi connectivity index (χ1n) is 4.95. The van der Waals surface area contributed by atoms with Gasteiger partial charge in [-0.25, -0.2) is 9.82 Å². The van der Waals surface area contributed by atoms with Crippen molar-refractivity contribution in [2.75, 3.05) is 11.5 Å². The molecule has 3 nitrogen and oxygen atoms in total. The average Bonchev–Trinajstić information content (AvgIpc) is 2.80. The monoisotopic (exact) mass is 238 g/mol. The van der Waals surface area contributed by atoms with Crippen LogP contribution in [-0.2, 0) is 0 Å². The van der Waals surface area contributed by atoms with Crippen LogP contribution in [0.3, 0.4) is 0 Å². The second-order valence-corrected chi connectivity index (χ2v) is 4.53. The quantitative estimate of drug-likeness (QED) is 0.801. The molecule has 0 spiro atoms. The first kappa shape index (κ1) is 11.1. The van der Waals surface area contributed by atoms with Crippen molar-refractivity contribution >= 4 is 23.4 Å². The summed E-state index contributed by atoms with van der Waals surface area (Å²) in [4.78, 5) is 11.6. The number of carbonyl (C=O) groups excluding carboxylic acids is 1. The SMILES string of the molecule is O=C(N/N=C1\CCSC1)c1ccc(F)cc1. The van der Waals surface area contributed by atoms with E-state index in [9.17, 15) is 9.18 Å². The van der Waals surface area contributed by atoms with E-state index in [4.69, 9.17) is 0 Å². The third-order valence-corrected chi connectivity index (χ3v) is 3.26. The number of amides is 1. The lowest BCUT2D eigenvalue weighted by atomic mass is 10.2. The predicted octanol–water partition coefficient (Wildman–Crippen LogP) is 2.05. The van der Waals surface area contributed by atoms with Gasteiger partial charge < -0.3 is 0 Å². The maximum Gasteiger partial charge on any atom is 0.271 e. The van der Waals surface area contributed by atoms with Gasteiger partial charge >= 0.3 is 0 Å². The van der Waals surface area contributed by atoms with Gasteiger partial charge in [-0.2, -0.15) is 16.9 Å². The molecule has 1 heterocycles. The van der Waals surface area contributed by atoms with Gasteiger partial charge in [0.05, 0.1) is 0 Å². The van der Waals surface area contributed by atoms with E-state index in [1.54, 1.807) is 11.8 Å². The minimum absolute atomic E-state index is 0.301. The Hall–Kier alpha value is -1.36. The van der Waals surface area contributed by atoms with Crippen LogP contribution in [0.25, 0.3) is 0 Å². The van der Waals surface area contributed by atoms with Gasteiger partial charge in [-0.1, -0.05) is 0 Å². The van der Waals surface area contributed by atoms with E-state index in [1.807, 2.05) is 0 Å². The Morgan fingerprint density at radius 1 is 1.38 bits per heavy atom. The predicted molar refractivity (Wildman–Crippen MR) is 63.2 cm³/mol. The lowest BCUT2D eigenvalue weighted by Gasteiger charge is -2.00. The normalized spacial score (nSPS) is 17.7. The summed E-state index contributed by atoms with van der Waals surface area (Å²) in [6.07, 6.45) is 0.925. The number of rotatable bonds is 2. The van der Waals surface area contributed by atoms with Crippen molar-refractivity contribution in [2.45, 2.75) is 6.42 Å². The molecule has 0 unspecified atom stereocenters. The zero-order valence-corrected chi connectivity index (χ0v) is 9.39. The van der Waals surface area contributed by atoms with Crippen molar-refractivity contribution in [3.05, 3.63) is 35.6 Å². The van der Waals surface area contributed by atoms with Crippen LogP contribution in [0, 0.1) is 5.82 Å². The van der Waals surface area contributed by atoms with Crippen molar-refractivity contribution < 1.29 is 9.18 Å². The molecule has 0 radical (unpaired) electrons. The number of hydrogen-bond acceptors (Lipinski definition) is 3. The number of nitrogens with one attached hydrogen (secondary N) is 1. The van der Waals surface area contributed by atoms with Crippen molar-refractivity contribution in [3.8, 4) is 0 Å². The van der Waals surface area contributed by atoms with E-state index in [0.29, 0.717) is 5.56 Å². The third kappa shape index (κ3) is 2.82. The smallest absolute Gasteiger partial charge is 0.267 e. The zero-order chi connectivity index (χ0) is 11.4. The summed E-state index contributed by atoms with van der Waals surface area (Å²) in [5, 5.41) is 4.02. The molecule has 1 fully saturated rings. The number of carbonyl (C=O) groups is 1. The third-order valence-electron chi connectivity index (χ3n) is 2.23. The average molecular weight is 238 g/mol. The minimum Gasteiger partial charge on any atom is -0.267 e. The molecule has 1 aromatic rings. The van der Waals surface area contributed by atoms with Crippen LogP contribution in [-0.4, -0.2) is 23.1 Å². The van der Waals surface area contributed by atoms with E-state index < -0.39 is 0 Å². The van der Waals surface area contributed by atoms with Crippen molar-refractivity contribution in [1.29, 1.82) is 0 Å². The van der Waals surface area contributed by atoms with Crippen LogP contribution < -0.4 is 5.43 Å². The highest BCUT2D eigenvalue weighted by Gasteiger charge is 2.09. The molecule has 1 aromatic carbocycles. The summed E-state index contributed by atoms with van der Waals surface area (Å²) in [7, 11) is 0. The van der Waals surface area contributed by atoms with E-state index in [0.717, 1.165) is 23.6 Å². The fourth-order valence-electron chi connectivity index (χ4n) is 1.34. The largest absolute Gasteiger partial charge is 0.271 e. The summed E-state index contributed by atoms with van der Waals surface area (Å²) >= 11 is 1.80. The first-order valence-corrected chi connectivity index (χ1v) is 6.10. The number of hydrogen-bond donors (Lipinski definition) is 1. The topological polar surface area (TPSA) is 41.5 Å². The Labute approximate surface area is 97.1 Å². The molecule has 1 aliphatic heterocycles. The van der Waals surface area contributed by atoms with Gasteiger partial charge in [-0.15, -0.1) is 0 Å².